The summed E-state index contributed by atoms with van der Waals surface area (Å²) in [5.74, 6) is -0.498. The standard InChI is InChI=1S/C27H33F3O/c1-3-5-11-31-24-16-22-14-21(15-23(28)25(22)27(30)26(24)29)20-10-9-18-12-17(6-4-2)7-8-19(18)13-20/h3,5,14-20H,4,6-13H2,1-2H3/b5-3+/t17?,18-,19?,20-/m1/s1. The van der Waals surface area contributed by atoms with Gasteiger partial charge >= 0.3 is 0 Å². The molecule has 0 aromatic heterocycles. The van der Waals surface area contributed by atoms with Gasteiger partial charge in [0.1, 0.15) is 12.4 Å². The molecule has 0 N–H and O–H groups in total. The number of hydrogen-bond acceptors (Lipinski definition) is 1. The third kappa shape index (κ3) is 4.63. The van der Waals surface area contributed by atoms with Gasteiger partial charge in [-0.2, -0.15) is 4.39 Å². The molecule has 0 heterocycles. The topological polar surface area (TPSA) is 9.23 Å². The van der Waals surface area contributed by atoms with Crippen molar-refractivity contribution in [1.82, 2.24) is 0 Å². The lowest BCUT2D eigenvalue weighted by Gasteiger charge is -2.42. The van der Waals surface area contributed by atoms with Gasteiger partial charge < -0.3 is 4.74 Å². The minimum absolute atomic E-state index is 0.144. The summed E-state index contributed by atoms with van der Waals surface area (Å²) in [7, 11) is 0. The maximum Gasteiger partial charge on any atom is 0.201 e. The van der Waals surface area contributed by atoms with Gasteiger partial charge in [-0.25, -0.2) is 8.78 Å². The smallest absolute Gasteiger partial charge is 0.201 e. The summed E-state index contributed by atoms with van der Waals surface area (Å²) in [5.41, 5.74) is 0.907. The first-order valence-electron chi connectivity index (χ1n) is 11.9. The zero-order chi connectivity index (χ0) is 22.0. The summed E-state index contributed by atoms with van der Waals surface area (Å²) in [5, 5.41) is 0.0894. The monoisotopic (exact) mass is 430 g/mol. The maximum atomic E-state index is 14.9. The molecule has 4 rings (SSSR count). The number of benzene rings is 2. The molecule has 168 valence electrons. The number of ether oxygens (including phenoxy) is 1. The van der Waals surface area contributed by atoms with Crippen LogP contribution in [0.25, 0.3) is 10.8 Å². The second-order valence-corrected chi connectivity index (χ2v) is 9.48. The Labute approximate surface area is 183 Å². The van der Waals surface area contributed by atoms with Crippen molar-refractivity contribution in [2.45, 2.75) is 71.1 Å². The molecule has 1 nitrogen and oxygen atoms in total. The Bertz CT molecular complexity index is 951. The zero-order valence-electron chi connectivity index (χ0n) is 18.6. The summed E-state index contributed by atoms with van der Waals surface area (Å²) in [4.78, 5) is 0. The first kappa shape index (κ1) is 22.2. The molecule has 0 saturated heterocycles. The third-order valence-corrected chi connectivity index (χ3v) is 7.52. The van der Waals surface area contributed by atoms with E-state index in [2.05, 4.69) is 6.92 Å². The summed E-state index contributed by atoms with van der Waals surface area (Å²) < 4.78 is 49.2. The Kier molecular flexibility index (Phi) is 6.93. The molecule has 2 unspecified atom stereocenters. The van der Waals surface area contributed by atoms with Crippen LogP contribution in [0.15, 0.2) is 30.4 Å². The normalized spacial score (nSPS) is 26.4. The van der Waals surface area contributed by atoms with Crippen LogP contribution in [0.5, 0.6) is 5.75 Å². The largest absolute Gasteiger partial charge is 0.486 e. The van der Waals surface area contributed by atoms with Crippen molar-refractivity contribution in [2.24, 2.45) is 17.8 Å². The number of fused-ring (bicyclic) bond motifs is 2. The fraction of sp³-hybridized carbons (Fsp3) is 0.556. The molecule has 2 aliphatic rings. The van der Waals surface area contributed by atoms with E-state index >= 15 is 0 Å². The first-order chi connectivity index (χ1) is 15.0. The van der Waals surface area contributed by atoms with Crippen molar-refractivity contribution in [3.05, 3.63) is 53.4 Å². The van der Waals surface area contributed by atoms with Gasteiger partial charge in [-0.15, -0.1) is 0 Å². The number of halogens is 3. The molecule has 0 radical (unpaired) electrons. The molecule has 0 aliphatic heterocycles. The summed E-state index contributed by atoms with van der Waals surface area (Å²) in [6.45, 7) is 4.24. The van der Waals surface area contributed by atoms with Gasteiger partial charge in [0.2, 0.25) is 5.82 Å². The molecule has 0 bridgehead atoms. The fourth-order valence-electron chi connectivity index (χ4n) is 5.95. The van der Waals surface area contributed by atoms with E-state index in [1.165, 1.54) is 50.7 Å². The Morgan fingerprint density at radius 3 is 2.52 bits per heavy atom. The van der Waals surface area contributed by atoms with Crippen molar-refractivity contribution >= 4 is 10.8 Å². The predicted octanol–water partition coefficient (Wildman–Crippen LogP) is 8.31. The second-order valence-electron chi connectivity index (χ2n) is 9.48. The van der Waals surface area contributed by atoms with Crippen molar-refractivity contribution in [3.8, 4) is 5.75 Å². The van der Waals surface area contributed by atoms with Crippen LogP contribution in [0.4, 0.5) is 13.2 Å². The van der Waals surface area contributed by atoms with Crippen LogP contribution in [0, 0.1) is 35.2 Å². The molecule has 2 aromatic rings. The number of hydrogen-bond donors (Lipinski definition) is 0. The van der Waals surface area contributed by atoms with E-state index in [0.29, 0.717) is 11.3 Å². The summed E-state index contributed by atoms with van der Waals surface area (Å²) in [6, 6.07) is 4.71. The Balaban J connectivity index is 1.58. The van der Waals surface area contributed by atoms with Crippen LogP contribution in [0.1, 0.15) is 76.7 Å². The van der Waals surface area contributed by atoms with Crippen molar-refractivity contribution in [3.63, 3.8) is 0 Å². The highest BCUT2D eigenvalue weighted by molar-refractivity contribution is 5.86. The van der Waals surface area contributed by atoms with Crippen LogP contribution >= 0.6 is 0 Å². The predicted molar refractivity (Wildman–Crippen MR) is 120 cm³/mol. The Morgan fingerprint density at radius 2 is 1.74 bits per heavy atom. The van der Waals surface area contributed by atoms with E-state index in [1.807, 2.05) is 13.0 Å². The lowest BCUT2D eigenvalue weighted by atomic mass is 9.63. The van der Waals surface area contributed by atoms with Crippen LogP contribution < -0.4 is 4.74 Å². The van der Waals surface area contributed by atoms with Gasteiger partial charge in [0, 0.05) is 0 Å². The zero-order valence-corrected chi connectivity index (χ0v) is 18.6. The van der Waals surface area contributed by atoms with E-state index < -0.39 is 17.5 Å². The van der Waals surface area contributed by atoms with E-state index in [0.717, 1.165) is 30.2 Å². The lowest BCUT2D eigenvalue weighted by molar-refractivity contribution is 0.114. The van der Waals surface area contributed by atoms with Gasteiger partial charge in [-0.1, -0.05) is 44.4 Å². The second kappa shape index (κ2) is 9.67. The molecule has 0 amide bonds. The summed E-state index contributed by atoms with van der Waals surface area (Å²) >= 11 is 0. The molecule has 2 aliphatic carbocycles. The molecule has 2 saturated carbocycles. The van der Waals surface area contributed by atoms with Crippen LogP contribution in [0.2, 0.25) is 0 Å². The first-order valence-corrected chi connectivity index (χ1v) is 11.9. The summed E-state index contributed by atoms with van der Waals surface area (Å²) in [6.07, 6.45) is 13.3. The van der Waals surface area contributed by atoms with Crippen LogP contribution in [0.3, 0.4) is 0 Å². The lowest BCUT2D eigenvalue weighted by Crippen LogP contribution is -2.30. The van der Waals surface area contributed by atoms with Gasteiger partial charge in [-0.3, -0.25) is 0 Å². The molecule has 2 aromatic carbocycles. The van der Waals surface area contributed by atoms with Gasteiger partial charge in [0.25, 0.3) is 0 Å². The molecule has 31 heavy (non-hydrogen) atoms. The Morgan fingerprint density at radius 1 is 0.968 bits per heavy atom. The molecular formula is C27H33F3O. The average molecular weight is 431 g/mol. The van der Waals surface area contributed by atoms with E-state index in [4.69, 9.17) is 4.74 Å². The minimum atomic E-state index is -1.17. The van der Waals surface area contributed by atoms with E-state index in [1.54, 1.807) is 12.2 Å². The number of allylic oxidation sites excluding steroid dienone is 1. The van der Waals surface area contributed by atoms with Crippen LogP contribution in [-0.4, -0.2) is 6.61 Å². The van der Waals surface area contributed by atoms with Gasteiger partial charge in [0.05, 0.1) is 5.39 Å². The Hall–Kier alpha value is -1.97. The van der Waals surface area contributed by atoms with Gasteiger partial charge in [0.15, 0.2) is 11.6 Å². The molecule has 0 spiro atoms. The highest BCUT2D eigenvalue weighted by atomic mass is 19.2. The molecular weight excluding hydrogens is 397 g/mol. The van der Waals surface area contributed by atoms with Crippen molar-refractivity contribution in [2.75, 3.05) is 6.61 Å². The SMILES string of the molecule is C/C=C/COc1cc2cc([C@@H]3CC[C@@H]4CC(CCC)CCC4C3)cc(F)c2c(F)c1F. The molecule has 4 heteroatoms. The highest BCUT2D eigenvalue weighted by Gasteiger charge is 2.36. The van der Waals surface area contributed by atoms with E-state index in [9.17, 15) is 13.2 Å². The quantitative estimate of drug-likeness (QED) is 0.419. The fourth-order valence-corrected chi connectivity index (χ4v) is 5.95. The molecule has 2 fully saturated rings. The molecule has 4 atom stereocenters. The van der Waals surface area contributed by atoms with Crippen molar-refractivity contribution < 1.29 is 17.9 Å². The maximum absolute atomic E-state index is 14.9. The highest BCUT2D eigenvalue weighted by Crippen LogP contribution is 2.49. The van der Waals surface area contributed by atoms with Crippen molar-refractivity contribution in [1.29, 1.82) is 0 Å². The van der Waals surface area contributed by atoms with Crippen LogP contribution in [-0.2, 0) is 0 Å². The number of rotatable bonds is 6. The average Bonchev–Trinajstić information content (AvgIpc) is 2.76. The van der Waals surface area contributed by atoms with Gasteiger partial charge in [-0.05, 0) is 85.8 Å². The van der Waals surface area contributed by atoms with E-state index in [-0.39, 0.29) is 23.7 Å². The third-order valence-electron chi connectivity index (χ3n) is 7.52. The minimum Gasteiger partial charge on any atom is -0.486 e.